The van der Waals surface area contributed by atoms with Gasteiger partial charge in [-0.2, -0.15) is 0 Å². The lowest BCUT2D eigenvalue weighted by Crippen LogP contribution is -2.16. The number of rotatable bonds is 7. The Morgan fingerprint density at radius 1 is 0.686 bits per heavy atom. The summed E-state index contributed by atoms with van der Waals surface area (Å²) in [5.41, 5.74) is 1.57. The highest BCUT2D eigenvalue weighted by Crippen LogP contribution is 2.25. The number of halogens is 2. The summed E-state index contributed by atoms with van der Waals surface area (Å²) in [4.78, 5) is 25.9. The van der Waals surface area contributed by atoms with Gasteiger partial charge in [-0.05, 0) is 66.7 Å². The average Bonchev–Trinajstić information content (AvgIpc) is 2.85. The molecular weight excluding hydrogens is 507 g/mol. The quantitative estimate of drug-likeness (QED) is 0.278. The van der Waals surface area contributed by atoms with Crippen molar-refractivity contribution in [2.75, 3.05) is 10.0 Å². The molecule has 176 valence electrons. The topological polar surface area (TPSA) is 92.3 Å². The van der Waals surface area contributed by atoms with E-state index in [1.54, 1.807) is 42.5 Å². The van der Waals surface area contributed by atoms with Crippen LogP contribution in [-0.4, -0.2) is 20.1 Å². The van der Waals surface area contributed by atoms with E-state index in [1.807, 2.05) is 0 Å². The average molecular weight is 525 g/mol. The van der Waals surface area contributed by atoms with Crippen molar-refractivity contribution in [1.29, 1.82) is 0 Å². The minimum Gasteiger partial charge on any atom is -0.321 e. The number of hydrogen-bond acceptors (Lipinski definition) is 4. The molecule has 0 spiro atoms. The van der Waals surface area contributed by atoms with E-state index in [0.717, 1.165) is 0 Å². The van der Waals surface area contributed by atoms with Crippen LogP contribution in [0.2, 0.25) is 10.0 Å². The van der Waals surface area contributed by atoms with Crippen molar-refractivity contribution >= 4 is 56.3 Å². The molecule has 0 radical (unpaired) electrons. The lowest BCUT2D eigenvalue weighted by Gasteiger charge is -2.12. The summed E-state index contributed by atoms with van der Waals surface area (Å²) in [6.45, 7) is 0. The van der Waals surface area contributed by atoms with E-state index in [-0.39, 0.29) is 27.5 Å². The molecule has 1 amide bonds. The Morgan fingerprint density at radius 3 is 1.97 bits per heavy atom. The first kappa shape index (κ1) is 24.5. The summed E-state index contributed by atoms with van der Waals surface area (Å²) in [5.74, 6) is -0.753. The van der Waals surface area contributed by atoms with Gasteiger partial charge in [0.2, 0.25) is 0 Å². The van der Waals surface area contributed by atoms with E-state index < -0.39 is 15.9 Å². The standard InChI is InChI=1S/C26H18Cl2N2O4S/c27-19-8-13-22(14-9-19)35(33,34)30-21-11-6-18(7-12-21)26(32)29-24-15-10-20(28)16-23(24)25(31)17-4-2-1-3-5-17/h1-16,30H,(H,29,32). The molecule has 6 nitrogen and oxygen atoms in total. The predicted octanol–water partition coefficient (Wildman–Crippen LogP) is 6.28. The lowest BCUT2D eigenvalue weighted by atomic mass is 10.0. The molecule has 4 rings (SSSR count). The molecule has 4 aromatic rings. The first-order chi connectivity index (χ1) is 16.7. The minimum atomic E-state index is -3.82. The van der Waals surface area contributed by atoms with Crippen LogP contribution in [0.1, 0.15) is 26.3 Å². The van der Waals surface area contributed by atoms with Gasteiger partial charge in [-0.15, -0.1) is 0 Å². The van der Waals surface area contributed by atoms with E-state index >= 15 is 0 Å². The Hall–Kier alpha value is -3.65. The number of hydrogen-bond donors (Lipinski definition) is 2. The molecule has 9 heteroatoms. The summed E-state index contributed by atoms with van der Waals surface area (Å²) >= 11 is 11.9. The fourth-order valence-electron chi connectivity index (χ4n) is 3.27. The van der Waals surface area contributed by atoms with Gasteiger partial charge in [0.05, 0.1) is 10.6 Å². The van der Waals surface area contributed by atoms with Crippen molar-refractivity contribution in [3.05, 3.63) is 124 Å². The molecule has 0 aliphatic rings. The Kier molecular flexibility index (Phi) is 7.21. The zero-order valence-electron chi connectivity index (χ0n) is 18.0. The number of benzene rings is 4. The van der Waals surface area contributed by atoms with Crippen LogP contribution in [0, 0.1) is 0 Å². The van der Waals surface area contributed by atoms with Gasteiger partial charge in [0, 0.05) is 32.4 Å². The van der Waals surface area contributed by atoms with Gasteiger partial charge in [-0.25, -0.2) is 8.42 Å². The Labute approximate surface area is 212 Å². The third-order valence-electron chi connectivity index (χ3n) is 5.03. The second-order valence-electron chi connectivity index (χ2n) is 7.48. The fraction of sp³-hybridized carbons (Fsp3) is 0. The van der Waals surface area contributed by atoms with Crippen molar-refractivity contribution in [2.24, 2.45) is 0 Å². The highest BCUT2D eigenvalue weighted by atomic mass is 35.5. The number of carbonyl (C=O) groups excluding carboxylic acids is 2. The van der Waals surface area contributed by atoms with Crippen LogP contribution in [0.3, 0.4) is 0 Å². The maximum absolute atomic E-state index is 13.0. The summed E-state index contributed by atoms with van der Waals surface area (Å²) in [5, 5.41) is 3.52. The van der Waals surface area contributed by atoms with E-state index in [2.05, 4.69) is 10.0 Å². The lowest BCUT2D eigenvalue weighted by molar-refractivity contribution is 0.102. The zero-order chi connectivity index (χ0) is 25.0. The SMILES string of the molecule is O=C(Nc1ccc(Cl)cc1C(=O)c1ccccc1)c1ccc(NS(=O)(=O)c2ccc(Cl)cc2)cc1. The molecule has 0 aromatic heterocycles. The molecule has 0 unspecified atom stereocenters. The van der Waals surface area contributed by atoms with Crippen LogP contribution in [-0.2, 0) is 10.0 Å². The second kappa shape index (κ2) is 10.3. The Morgan fingerprint density at radius 2 is 1.31 bits per heavy atom. The molecule has 0 aliphatic heterocycles. The third-order valence-corrected chi connectivity index (χ3v) is 6.92. The highest BCUT2D eigenvalue weighted by molar-refractivity contribution is 7.92. The molecule has 0 aliphatic carbocycles. The Bertz CT molecular complexity index is 1490. The summed E-state index contributed by atoms with van der Waals surface area (Å²) < 4.78 is 27.5. The van der Waals surface area contributed by atoms with Gasteiger partial charge in [-0.1, -0.05) is 53.5 Å². The van der Waals surface area contributed by atoms with Crippen molar-refractivity contribution in [2.45, 2.75) is 4.90 Å². The highest BCUT2D eigenvalue weighted by Gasteiger charge is 2.18. The van der Waals surface area contributed by atoms with E-state index in [9.17, 15) is 18.0 Å². The van der Waals surface area contributed by atoms with Crippen molar-refractivity contribution in [3.63, 3.8) is 0 Å². The van der Waals surface area contributed by atoms with Crippen LogP contribution in [0.4, 0.5) is 11.4 Å². The molecule has 0 bridgehead atoms. The monoisotopic (exact) mass is 524 g/mol. The van der Waals surface area contributed by atoms with Crippen LogP contribution in [0.25, 0.3) is 0 Å². The van der Waals surface area contributed by atoms with E-state index in [0.29, 0.717) is 21.3 Å². The molecule has 0 heterocycles. The molecule has 0 atom stereocenters. The number of ketones is 1. The van der Waals surface area contributed by atoms with Gasteiger partial charge < -0.3 is 5.32 Å². The number of sulfonamides is 1. The van der Waals surface area contributed by atoms with E-state index in [1.165, 1.54) is 54.6 Å². The van der Waals surface area contributed by atoms with Gasteiger partial charge in [-0.3, -0.25) is 14.3 Å². The number of amides is 1. The maximum atomic E-state index is 13.0. The predicted molar refractivity (Wildman–Crippen MR) is 138 cm³/mol. The number of carbonyl (C=O) groups is 2. The first-order valence-corrected chi connectivity index (χ1v) is 12.6. The summed E-state index contributed by atoms with van der Waals surface area (Å²) in [6, 6.07) is 25.0. The van der Waals surface area contributed by atoms with E-state index in [4.69, 9.17) is 23.2 Å². The Balaban J connectivity index is 1.51. The van der Waals surface area contributed by atoms with Crippen LogP contribution in [0.15, 0.2) is 102 Å². The molecule has 0 fully saturated rings. The van der Waals surface area contributed by atoms with Gasteiger partial charge >= 0.3 is 0 Å². The smallest absolute Gasteiger partial charge is 0.261 e. The summed E-state index contributed by atoms with van der Waals surface area (Å²) in [7, 11) is -3.82. The van der Waals surface area contributed by atoms with Crippen molar-refractivity contribution in [3.8, 4) is 0 Å². The van der Waals surface area contributed by atoms with Crippen molar-refractivity contribution in [1.82, 2.24) is 0 Å². The largest absolute Gasteiger partial charge is 0.321 e. The molecular formula is C26H18Cl2N2O4S. The molecule has 0 saturated carbocycles. The number of nitrogens with one attached hydrogen (secondary N) is 2. The fourth-order valence-corrected chi connectivity index (χ4v) is 4.63. The normalized spacial score (nSPS) is 11.0. The van der Waals surface area contributed by atoms with Crippen molar-refractivity contribution < 1.29 is 18.0 Å². The van der Waals surface area contributed by atoms with Crippen LogP contribution >= 0.6 is 23.2 Å². The van der Waals surface area contributed by atoms with Gasteiger partial charge in [0.1, 0.15) is 0 Å². The van der Waals surface area contributed by atoms with Crippen LogP contribution < -0.4 is 10.0 Å². The summed E-state index contributed by atoms with van der Waals surface area (Å²) in [6.07, 6.45) is 0. The zero-order valence-corrected chi connectivity index (χ0v) is 20.4. The molecule has 4 aromatic carbocycles. The van der Waals surface area contributed by atoms with Crippen LogP contribution in [0.5, 0.6) is 0 Å². The molecule has 2 N–H and O–H groups in total. The van der Waals surface area contributed by atoms with Gasteiger partial charge in [0.25, 0.3) is 15.9 Å². The molecule has 0 saturated heterocycles. The second-order valence-corrected chi connectivity index (χ2v) is 10.0. The third kappa shape index (κ3) is 5.89. The minimum absolute atomic E-state index is 0.0575. The van der Waals surface area contributed by atoms with Gasteiger partial charge in [0.15, 0.2) is 5.78 Å². The first-order valence-electron chi connectivity index (χ1n) is 10.3. The number of anilines is 2. The molecule has 35 heavy (non-hydrogen) atoms. The maximum Gasteiger partial charge on any atom is 0.261 e.